The lowest BCUT2D eigenvalue weighted by Crippen LogP contribution is -2.54. The van der Waals surface area contributed by atoms with Crippen molar-refractivity contribution in [2.24, 2.45) is 0 Å². The Kier molecular flexibility index (Phi) is 24.9. The monoisotopic (exact) mass is 951 g/mol. The van der Waals surface area contributed by atoms with E-state index < -0.39 is 76.9 Å². The van der Waals surface area contributed by atoms with Crippen LogP contribution in [0, 0.1) is 29.1 Å². The second kappa shape index (κ2) is 30.5. The van der Waals surface area contributed by atoms with Crippen LogP contribution in [0.15, 0.2) is 18.2 Å². The number of fused-ring (bicyclic) bond motifs is 1. The highest BCUT2D eigenvalue weighted by molar-refractivity contribution is 6.25. The van der Waals surface area contributed by atoms with Gasteiger partial charge in [-0.25, -0.2) is 13.2 Å². The number of carbonyl (C=O) groups is 5. The molecule has 0 saturated carbocycles. The van der Waals surface area contributed by atoms with Crippen molar-refractivity contribution in [3.05, 3.63) is 58.4 Å². The van der Waals surface area contributed by atoms with Crippen LogP contribution >= 0.6 is 0 Å². The van der Waals surface area contributed by atoms with E-state index in [9.17, 15) is 45.9 Å². The molecule has 1 fully saturated rings. The number of rotatable bonds is 36. The summed E-state index contributed by atoms with van der Waals surface area (Å²) in [4.78, 5) is 62.6. The van der Waals surface area contributed by atoms with Crippen LogP contribution in [-0.2, 0) is 61.8 Å². The molecule has 0 bridgehead atoms. The number of piperidine rings is 1. The van der Waals surface area contributed by atoms with Crippen molar-refractivity contribution in [1.29, 1.82) is 0 Å². The molecule has 0 aromatic heterocycles. The topological polar surface area (TPSA) is 214 Å². The Bertz CT molecular complexity index is 1850. The van der Waals surface area contributed by atoms with E-state index in [-0.39, 0.29) is 57.0 Å². The summed E-state index contributed by atoms with van der Waals surface area (Å²) in [7, 11) is 0. The molecule has 2 heterocycles. The van der Waals surface area contributed by atoms with Crippen LogP contribution < -0.4 is 15.4 Å². The van der Waals surface area contributed by atoms with Crippen LogP contribution in [0.5, 0.6) is 5.75 Å². The summed E-state index contributed by atoms with van der Waals surface area (Å²) in [5.41, 5.74) is 0.839. The lowest BCUT2D eigenvalue weighted by molar-refractivity contribution is -0.137. The number of hydrogen-bond acceptors (Lipinski definition) is 17. The standard InChI is InChI=1S/C42H54F5N3O16/c43-34-35(44)37(46)39(38(47)36(34)45)66-32(52)6-8-56-10-12-58-14-16-60-18-20-62-22-24-64-26-27-65-25-23-63-21-19-61-17-15-59-13-11-57-9-7-48-29-3-1-2-28-33(29)42(55)50(41(28)54)30-4-5-31(51)49-40(30)53/h1-3,30,48H,4-27H2,(H,49,51,53). The number of benzene rings is 2. The van der Waals surface area contributed by atoms with Gasteiger partial charge in [0.1, 0.15) is 6.04 Å². The van der Waals surface area contributed by atoms with Crippen molar-refractivity contribution in [1.82, 2.24) is 10.2 Å². The van der Waals surface area contributed by atoms with Gasteiger partial charge in [-0.2, -0.15) is 8.78 Å². The third kappa shape index (κ3) is 17.8. The Balaban J connectivity index is 0.821. The quantitative estimate of drug-likeness (QED) is 0.0191. The minimum absolute atomic E-state index is 0.0469. The fourth-order valence-corrected chi connectivity index (χ4v) is 6.00. The summed E-state index contributed by atoms with van der Waals surface area (Å²) in [6.45, 7) is 6.46. The molecule has 19 nitrogen and oxygen atoms in total. The van der Waals surface area contributed by atoms with Crippen LogP contribution in [0.1, 0.15) is 40.0 Å². The van der Waals surface area contributed by atoms with Crippen LogP contribution in [0.25, 0.3) is 0 Å². The van der Waals surface area contributed by atoms with Gasteiger partial charge in [-0.3, -0.25) is 34.2 Å². The number of carbonyl (C=O) groups excluding carboxylic acids is 5. The van der Waals surface area contributed by atoms with E-state index in [2.05, 4.69) is 15.4 Å². The number of esters is 1. The van der Waals surface area contributed by atoms with E-state index in [1.807, 2.05) is 0 Å². The third-order valence-electron chi connectivity index (χ3n) is 9.21. The summed E-state index contributed by atoms with van der Waals surface area (Å²) < 4.78 is 125. The van der Waals surface area contributed by atoms with Crippen molar-refractivity contribution in [3.8, 4) is 5.75 Å². The molecule has 2 aliphatic heterocycles. The van der Waals surface area contributed by atoms with Crippen LogP contribution in [0.3, 0.4) is 0 Å². The molecule has 0 radical (unpaired) electrons. The molecule has 0 spiro atoms. The number of nitrogens with zero attached hydrogens (tertiary/aromatic N) is 1. The van der Waals surface area contributed by atoms with Gasteiger partial charge in [0.2, 0.25) is 46.6 Å². The molecule has 2 aliphatic rings. The predicted molar refractivity (Wildman–Crippen MR) is 216 cm³/mol. The molecule has 368 valence electrons. The molecule has 24 heteroatoms. The fourth-order valence-electron chi connectivity index (χ4n) is 6.00. The predicted octanol–water partition coefficient (Wildman–Crippen LogP) is 2.36. The van der Waals surface area contributed by atoms with Crippen molar-refractivity contribution >= 4 is 35.3 Å². The zero-order valence-electron chi connectivity index (χ0n) is 36.1. The van der Waals surface area contributed by atoms with Gasteiger partial charge in [-0.1, -0.05) is 6.07 Å². The molecule has 66 heavy (non-hydrogen) atoms. The van der Waals surface area contributed by atoms with Crippen LogP contribution in [0.2, 0.25) is 0 Å². The number of imide groups is 2. The van der Waals surface area contributed by atoms with Crippen molar-refractivity contribution in [3.63, 3.8) is 0 Å². The minimum Gasteiger partial charge on any atom is -0.420 e. The number of anilines is 1. The molecule has 1 atom stereocenters. The fraction of sp³-hybridized carbons (Fsp3) is 0.595. The number of ether oxygens (including phenoxy) is 11. The lowest BCUT2D eigenvalue weighted by atomic mass is 10.0. The number of nitrogens with one attached hydrogen (secondary N) is 2. The molecule has 1 unspecified atom stereocenters. The van der Waals surface area contributed by atoms with E-state index in [1.165, 1.54) is 6.07 Å². The van der Waals surface area contributed by atoms with Gasteiger partial charge in [-0.15, -0.1) is 0 Å². The molecule has 1 saturated heterocycles. The van der Waals surface area contributed by atoms with Crippen LogP contribution in [-0.4, -0.2) is 179 Å². The average Bonchev–Trinajstić information content (AvgIpc) is 3.56. The molecule has 4 rings (SSSR count). The largest absolute Gasteiger partial charge is 0.420 e. The van der Waals surface area contributed by atoms with Gasteiger partial charge in [0.15, 0.2) is 0 Å². The normalized spacial score (nSPS) is 14.9. The van der Waals surface area contributed by atoms with Crippen molar-refractivity contribution < 1.29 is 98.0 Å². The first-order valence-electron chi connectivity index (χ1n) is 21.1. The van der Waals surface area contributed by atoms with Crippen molar-refractivity contribution in [2.45, 2.75) is 25.3 Å². The third-order valence-corrected chi connectivity index (χ3v) is 9.21. The first-order valence-corrected chi connectivity index (χ1v) is 21.1. The summed E-state index contributed by atoms with van der Waals surface area (Å²) in [5.74, 6) is -16.5. The Morgan fingerprint density at radius 1 is 0.561 bits per heavy atom. The highest BCUT2D eigenvalue weighted by Gasteiger charge is 2.45. The molecule has 0 aliphatic carbocycles. The molecular formula is C42H54F5N3O16. The lowest BCUT2D eigenvalue weighted by Gasteiger charge is -2.27. The molecular weight excluding hydrogens is 897 g/mol. The SMILES string of the molecule is O=C1CCC(N2C(=O)c3cccc(NCCOCCOCCOCCOCCOCCOCCOCCOCCOCCOCCC(=O)Oc4c(F)c(F)c(F)c(F)c4F)c3C2=O)C(=O)N1. The number of amides is 4. The maximum Gasteiger partial charge on any atom is 0.313 e. The maximum atomic E-state index is 13.6. The summed E-state index contributed by atoms with van der Waals surface area (Å²) in [6, 6.07) is 3.82. The zero-order chi connectivity index (χ0) is 47.5. The summed E-state index contributed by atoms with van der Waals surface area (Å²) >= 11 is 0. The Labute approximate surface area is 376 Å². The smallest absolute Gasteiger partial charge is 0.313 e. The van der Waals surface area contributed by atoms with E-state index in [0.29, 0.717) is 111 Å². The maximum absolute atomic E-state index is 13.6. The Morgan fingerprint density at radius 3 is 1.41 bits per heavy atom. The molecule has 4 amide bonds. The first kappa shape index (κ1) is 53.9. The molecule has 2 aromatic carbocycles. The average molecular weight is 952 g/mol. The van der Waals surface area contributed by atoms with Gasteiger partial charge in [0.05, 0.1) is 150 Å². The highest BCUT2D eigenvalue weighted by Crippen LogP contribution is 2.32. The van der Waals surface area contributed by atoms with Gasteiger partial charge in [-0.05, 0) is 18.6 Å². The Morgan fingerprint density at radius 2 is 0.970 bits per heavy atom. The second-order valence-electron chi connectivity index (χ2n) is 13.8. The summed E-state index contributed by atoms with van der Waals surface area (Å²) in [6.07, 6.45) is -0.371. The van der Waals surface area contributed by atoms with E-state index in [4.69, 9.17) is 47.4 Å². The number of hydrogen-bond donors (Lipinski definition) is 2. The van der Waals surface area contributed by atoms with Crippen LogP contribution in [0.4, 0.5) is 27.6 Å². The van der Waals surface area contributed by atoms with Crippen molar-refractivity contribution in [2.75, 3.05) is 144 Å². The first-order chi connectivity index (χ1) is 32.0. The van der Waals surface area contributed by atoms with E-state index in [1.54, 1.807) is 12.1 Å². The number of halogens is 5. The van der Waals surface area contributed by atoms with E-state index in [0.717, 1.165) is 4.90 Å². The minimum atomic E-state index is -2.36. The van der Waals surface area contributed by atoms with Gasteiger partial charge in [0, 0.05) is 18.7 Å². The molecule has 2 N–H and O–H groups in total. The van der Waals surface area contributed by atoms with E-state index >= 15 is 0 Å². The highest BCUT2D eigenvalue weighted by atomic mass is 19.2. The zero-order valence-corrected chi connectivity index (χ0v) is 36.1. The van der Waals surface area contributed by atoms with Gasteiger partial charge >= 0.3 is 5.97 Å². The molecule has 2 aromatic rings. The second-order valence-corrected chi connectivity index (χ2v) is 13.8. The Hall–Kier alpha value is -4.76. The summed E-state index contributed by atoms with van der Waals surface area (Å²) in [5, 5.41) is 5.30. The van der Waals surface area contributed by atoms with Gasteiger partial charge in [0.25, 0.3) is 11.8 Å². The van der Waals surface area contributed by atoms with Gasteiger partial charge < -0.3 is 57.4 Å².